The largest absolute Gasteiger partial charge is 0.492 e. The summed E-state index contributed by atoms with van der Waals surface area (Å²) in [7, 11) is 0. The van der Waals surface area contributed by atoms with Crippen molar-refractivity contribution in [2.75, 3.05) is 25.3 Å². The Labute approximate surface area is 117 Å². The number of fused-ring (bicyclic) bond motifs is 1. The molecule has 20 heavy (non-hydrogen) atoms. The molecule has 0 fully saturated rings. The Hall–Kier alpha value is -2.43. The third-order valence-corrected chi connectivity index (χ3v) is 2.91. The first kappa shape index (κ1) is 12.6. The zero-order valence-corrected chi connectivity index (χ0v) is 11.3. The van der Waals surface area contributed by atoms with Gasteiger partial charge in [0.2, 0.25) is 6.79 Å². The maximum atomic E-state index is 5.66. The third-order valence-electron chi connectivity index (χ3n) is 2.91. The van der Waals surface area contributed by atoms with Crippen molar-refractivity contribution in [3.8, 4) is 17.2 Å². The Morgan fingerprint density at radius 1 is 1.20 bits per heavy atom. The first-order valence-electron chi connectivity index (χ1n) is 6.51. The topological polar surface area (TPSA) is 52.6 Å². The van der Waals surface area contributed by atoms with Crippen LogP contribution in [0.15, 0.2) is 36.4 Å². The van der Waals surface area contributed by atoms with Crippen LogP contribution in [0.1, 0.15) is 5.69 Å². The summed E-state index contributed by atoms with van der Waals surface area (Å²) in [6.07, 6.45) is 0. The van der Waals surface area contributed by atoms with Crippen LogP contribution in [-0.4, -0.2) is 24.9 Å². The molecule has 5 nitrogen and oxygen atoms in total. The van der Waals surface area contributed by atoms with E-state index in [9.17, 15) is 0 Å². The van der Waals surface area contributed by atoms with E-state index < -0.39 is 0 Å². The van der Waals surface area contributed by atoms with Crippen molar-refractivity contribution in [3.05, 3.63) is 42.1 Å². The Bertz CT molecular complexity index is 601. The van der Waals surface area contributed by atoms with Crippen molar-refractivity contribution in [3.63, 3.8) is 0 Å². The van der Waals surface area contributed by atoms with Crippen molar-refractivity contribution >= 4 is 5.82 Å². The minimum absolute atomic E-state index is 0.277. The van der Waals surface area contributed by atoms with Crippen LogP contribution >= 0.6 is 0 Å². The number of hydrogen-bond donors (Lipinski definition) is 1. The van der Waals surface area contributed by atoms with Crippen LogP contribution in [0.2, 0.25) is 0 Å². The zero-order valence-electron chi connectivity index (χ0n) is 11.3. The van der Waals surface area contributed by atoms with E-state index in [0.717, 1.165) is 28.8 Å². The van der Waals surface area contributed by atoms with Gasteiger partial charge in [-0.1, -0.05) is 6.07 Å². The maximum absolute atomic E-state index is 5.66. The van der Waals surface area contributed by atoms with Crippen LogP contribution in [0.3, 0.4) is 0 Å². The second-order valence-electron chi connectivity index (χ2n) is 4.45. The number of benzene rings is 1. The van der Waals surface area contributed by atoms with E-state index in [0.29, 0.717) is 13.2 Å². The average molecular weight is 272 g/mol. The minimum atomic E-state index is 0.277. The summed E-state index contributed by atoms with van der Waals surface area (Å²) >= 11 is 0. The first-order chi connectivity index (χ1) is 9.81. The highest BCUT2D eigenvalue weighted by atomic mass is 16.7. The number of ether oxygens (including phenoxy) is 3. The SMILES string of the molecule is Cc1cccc(NCCOc2ccc3c(c2)OCO3)n1. The number of nitrogens with zero attached hydrogens (tertiary/aromatic N) is 1. The number of nitrogens with one attached hydrogen (secondary N) is 1. The van der Waals surface area contributed by atoms with Gasteiger partial charge in [0.15, 0.2) is 11.5 Å². The highest BCUT2D eigenvalue weighted by Crippen LogP contribution is 2.34. The Balaban J connectivity index is 1.48. The molecule has 1 aliphatic rings. The van der Waals surface area contributed by atoms with Gasteiger partial charge in [-0.25, -0.2) is 4.98 Å². The second-order valence-corrected chi connectivity index (χ2v) is 4.45. The predicted molar refractivity (Wildman–Crippen MR) is 75.5 cm³/mol. The Kier molecular flexibility index (Phi) is 3.58. The smallest absolute Gasteiger partial charge is 0.231 e. The molecule has 0 unspecified atom stereocenters. The van der Waals surface area contributed by atoms with Gasteiger partial charge in [-0.05, 0) is 31.2 Å². The molecule has 1 aliphatic heterocycles. The number of aryl methyl sites for hydroxylation is 1. The second kappa shape index (κ2) is 5.69. The fourth-order valence-electron chi connectivity index (χ4n) is 1.96. The molecule has 104 valence electrons. The Morgan fingerprint density at radius 3 is 3.00 bits per heavy atom. The van der Waals surface area contributed by atoms with Crippen LogP contribution in [0.4, 0.5) is 5.82 Å². The van der Waals surface area contributed by atoms with Gasteiger partial charge < -0.3 is 19.5 Å². The molecule has 0 amide bonds. The van der Waals surface area contributed by atoms with E-state index in [-0.39, 0.29) is 6.79 Å². The number of pyridine rings is 1. The molecule has 0 spiro atoms. The van der Waals surface area contributed by atoms with Gasteiger partial charge in [0.05, 0.1) is 6.54 Å². The maximum Gasteiger partial charge on any atom is 0.231 e. The molecular formula is C15H16N2O3. The lowest BCUT2D eigenvalue weighted by molar-refractivity contribution is 0.174. The van der Waals surface area contributed by atoms with Crippen molar-refractivity contribution < 1.29 is 14.2 Å². The summed E-state index contributed by atoms with van der Waals surface area (Å²) in [6, 6.07) is 11.4. The van der Waals surface area contributed by atoms with Crippen molar-refractivity contribution in [1.82, 2.24) is 4.98 Å². The van der Waals surface area contributed by atoms with Gasteiger partial charge in [-0.3, -0.25) is 0 Å². The summed E-state index contributed by atoms with van der Waals surface area (Å²) in [5.74, 6) is 3.13. The van der Waals surface area contributed by atoms with Crippen LogP contribution in [0, 0.1) is 6.92 Å². The zero-order chi connectivity index (χ0) is 13.8. The van der Waals surface area contributed by atoms with E-state index >= 15 is 0 Å². The van der Waals surface area contributed by atoms with E-state index in [1.165, 1.54) is 0 Å². The van der Waals surface area contributed by atoms with Crippen LogP contribution in [0.5, 0.6) is 17.2 Å². The van der Waals surface area contributed by atoms with Crippen molar-refractivity contribution in [2.45, 2.75) is 6.92 Å². The summed E-state index contributed by atoms with van der Waals surface area (Å²) in [5, 5.41) is 3.22. The van der Waals surface area contributed by atoms with Crippen LogP contribution < -0.4 is 19.5 Å². The van der Waals surface area contributed by atoms with E-state index in [4.69, 9.17) is 14.2 Å². The molecule has 1 aromatic heterocycles. The van der Waals surface area contributed by atoms with E-state index in [1.807, 2.05) is 43.3 Å². The number of hydrogen-bond acceptors (Lipinski definition) is 5. The summed E-state index contributed by atoms with van der Waals surface area (Å²) in [5.41, 5.74) is 0.992. The molecule has 3 rings (SSSR count). The normalized spacial score (nSPS) is 12.2. The fraction of sp³-hybridized carbons (Fsp3) is 0.267. The summed E-state index contributed by atoms with van der Waals surface area (Å²) < 4.78 is 16.2. The standard InChI is InChI=1S/C15H16N2O3/c1-11-3-2-4-15(17-11)16-7-8-18-12-5-6-13-14(9-12)20-10-19-13/h2-6,9H,7-8,10H2,1H3,(H,16,17). The number of rotatable bonds is 5. The highest BCUT2D eigenvalue weighted by Gasteiger charge is 2.13. The summed E-state index contributed by atoms with van der Waals surface area (Å²) in [6.45, 7) is 3.48. The highest BCUT2D eigenvalue weighted by molar-refractivity contribution is 5.46. The first-order valence-corrected chi connectivity index (χ1v) is 6.51. The lowest BCUT2D eigenvalue weighted by Crippen LogP contribution is -2.12. The molecule has 0 bridgehead atoms. The third kappa shape index (κ3) is 2.93. The average Bonchev–Trinajstić information content (AvgIpc) is 2.91. The molecule has 0 radical (unpaired) electrons. The van der Waals surface area contributed by atoms with Gasteiger partial charge in [-0.15, -0.1) is 0 Å². The lowest BCUT2D eigenvalue weighted by Gasteiger charge is -2.09. The fourth-order valence-corrected chi connectivity index (χ4v) is 1.96. The number of anilines is 1. The van der Waals surface area contributed by atoms with Gasteiger partial charge in [-0.2, -0.15) is 0 Å². The molecule has 1 aromatic carbocycles. The van der Waals surface area contributed by atoms with Crippen LogP contribution in [-0.2, 0) is 0 Å². The van der Waals surface area contributed by atoms with E-state index in [1.54, 1.807) is 0 Å². The molecule has 0 atom stereocenters. The van der Waals surface area contributed by atoms with Gasteiger partial charge in [0, 0.05) is 11.8 Å². The van der Waals surface area contributed by atoms with Crippen LogP contribution in [0.25, 0.3) is 0 Å². The molecule has 2 aromatic rings. The molecule has 0 saturated heterocycles. The number of aromatic nitrogens is 1. The quantitative estimate of drug-likeness (QED) is 0.848. The molecular weight excluding hydrogens is 256 g/mol. The minimum Gasteiger partial charge on any atom is -0.492 e. The van der Waals surface area contributed by atoms with Crippen molar-refractivity contribution in [2.24, 2.45) is 0 Å². The van der Waals surface area contributed by atoms with Gasteiger partial charge >= 0.3 is 0 Å². The molecule has 1 N–H and O–H groups in total. The molecule has 2 heterocycles. The van der Waals surface area contributed by atoms with Gasteiger partial charge in [0.25, 0.3) is 0 Å². The van der Waals surface area contributed by atoms with Gasteiger partial charge in [0.1, 0.15) is 18.2 Å². The summed E-state index contributed by atoms with van der Waals surface area (Å²) in [4.78, 5) is 4.36. The monoisotopic (exact) mass is 272 g/mol. The molecule has 0 saturated carbocycles. The molecule has 0 aliphatic carbocycles. The predicted octanol–water partition coefficient (Wildman–Crippen LogP) is 2.61. The van der Waals surface area contributed by atoms with Crippen molar-refractivity contribution in [1.29, 1.82) is 0 Å². The van der Waals surface area contributed by atoms with E-state index in [2.05, 4.69) is 10.3 Å². The Morgan fingerprint density at radius 2 is 2.10 bits per heavy atom. The molecule has 5 heteroatoms. The lowest BCUT2D eigenvalue weighted by atomic mass is 10.3.